The van der Waals surface area contributed by atoms with E-state index in [1.165, 1.54) is 44.3 Å². The fourth-order valence-corrected chi connectivity index (χ4v) is 2.95. The van der Waals surface area contributed by atoms with Gasteiger partial charge in [0.15, 0.2) is 0 Å². The van der Waals surface area contributed by atoms with Gasteiger partial charge in [-0.1, -0.05) is 19.3 Å². The van der Waals surface area contributed by atoms with E-state index >= 15 is 0 Å². The number of hydrogen-bond acceptors (Lipinski definition) is 3. The van der Waals surface area contributed by atoms with E-state index in [4.69, 9.17) is 0 Å². The third-order valence-corrected chi connectivity index (χ3v) is 3.84. The molecule has 0 amide bonds. The molecule has 88 valence electrons. The quantitative estimate of drug-likeness (QED) is 0.785. The summed E-state index contributed by atoms with van der Waals surface area (Å²) in [4.78, 5) is 0. The van der Waals surface area contributed by atoms with Crippen molar-refractivity contribution < 1.29 is 0 Å². The second-order valence-electron chi connectivity index (χ2n) is 4.99. The highest BCUT2D eigenvalue weighted by Crippen LogP contribution is 2.32. The third kappa shape index (κ3) is 1.86. The van der Waals surface area contributed by atoms with E-state index in [1.54, 1.807) is 0 Å². The lowest BCUT2D eigenvalue weighted by Crippen LogP contribution is -2.14. The normalized spacial score (nSPS) is 22.8. The molecule has 0 radical (unpaired) electrons. The highest BCUT2D eigenvalue weighted by atomic mass is 15.3. The molecule has 0 spiro atoms. The lowest BCUT2D eigenvalue weighted by atomic mass is 9.88. The van der Waals surface area contributed by atoms with Gasteiger partial charge in [0.1, 0.15) is 11.6 Å². The van der Waals surface area contributed by atoms with E-state index < -0.39 is 0 Å². The monoisotopic (exact) mass is 220 g/mol. The summed E-state index contributed by atoms with van der Waals surface area (Å²) in [6, 6.07) is 0. The molecule has 0 bridgehead atoms. The van der Waals surface area contributed by atoms with Gasteiger partial charge < -0.3 is 9.88 Å². The van der Waals surface area contributed by atoms with Gasteiger partial charge in [0.25, 0.3) is 0 Å². The van der Waals surface area contributed by atoms with E-state index in [0.29, 0.717) is 5.92 Å². The van der Waals surface area contributed by atoms with Crippen molar-refractivity contribution in [2.24, 2.45) is 0 Å². The topological polar surface area (TPSA) is 42.7 Å². The van der Waals surface area contributed by atoms with Gasteiger partial charge in [-0.15, -0.1) is 10.2 Å². The summed E-state index contributed by atoms with van der Waals surface area (Å²) in [6.07, 6.45) is 7.96. The Morgan fingerprint density at radius 3 is 2.81 bits per heavy atom. The molecule has 4 nitrogen and oxygen atoms in total. The zero-order valence-electron chi connectivity index (χ0n) is 9.78. The molecule has 1 fully saturated rings. The maximum absolute atomic E-state index is 4.44. The largest absolute Gasteiger partial charge is 0.314 e. The van der Waals surface area contributed by atoms with E-state index in [-0.39, 0.29) is 0 Å². The van der Waals surface area contributed by atoms with Crippen LogP contribution in [0.2, 0.25) is 0 Å². The first kappa shape index (κ1) is 10.3. The summed E-state index contributed by atoms with van der Waals surface area (Å²) in [5.41, 5.74) is 0. The van der Waals surface area contributed by atoms with Crippen LogP contribution in [0.4, 0.5) is 0 Å². The molecule has 4 heteroatoms. The zero-order valence-corrected chi connectivity index (χ0v) is 9.78. The Morgan fingerprint density at radius 2 is 1.94 bits per heavy atom. The number of rotatable bonds is 1. The van der Waals surface area contributed by atoms with Gasteiger partial charge in [-0.05, 0) is 25.8 Å². The number of fused-ring (bicyclic) bond motifs is 1. The Labute approximate surface area is 96.4 Å². The lowest BCUT2D eigenvalue weighted by Gasteiger charge is -2.21. The Hall–Kier alpha value is -0.900. The Balaban J connectivity index is 1.86. The van der Waals surface area contributed by atoms with Gasteiger partial charge >= 0.3 is 0 Å². The minimum Gasteiger partial charge on any atom is -0.314 e. The van der Waals surface area contributed by atoms with Crippen molar-refractivity contribution in [2.75, 3.05) is 6.54 Å². The van der Waals surface area contributed by atoms with Crippen LogP contribution in [-0.2, 0) is 13.1 Å². The Kier molecular flexibility index (Phi) is 2.91. The fraction of sp³-hybridized carbons (Fsp3) is 0.833. The molecule has 0 aromatic carbocycles. The molecule has 1 aromatic heterocycles. The van der Waals surface area contributed by atoms with Crippen LogP contribution in [0, 0.1) is 0 Å². The summed E-state index contributed by atoms with van der Waals surface area (Å²) < 4.78 is 2.37. The second kappa shape index (κ2) is 4.53. The SMILES string of the molecule is C1CCC(c2nnc3n2CCCNC3)CC1. The van der Waals surface area contributed by atoms with Gasteiger partial charge in [-0.3, -0.25) is 0 Å². The van der Waals surface area contributed by atoms with Gasteiger partial charge in [-0.25, -0.2) is 0 Å². The Morgan fingerprint density at radius 1 is 1.06 bits per heavy atom. The van der Waals surface area contributed by atoms with E-state index in [0.717, 1.165) is 25.5 Å². The second-order valence-corrected chi connectivity index (χ2v) is 4.99. The Bertz CT molecular complexity index is 352. The van der Waals surface area contributed by atoms with Crippen molar-refractivity contribution in [2.45, 2.75) is 57.5 Å². The molecular weight excluding hydrogens is 200 g/mol. The number of nitrogens with zero attached hydrogens (tertiary/aromatic N) is 3. The molecule has 1 N–H and O–H groups in total. The molecule has 0 saturated heterocycles. The van der Waals surface area contributed by atoms with Crippen LogP contribution in [-0.4, -0.2) is 21.3 Å². The highest BCUT2D eigenvalue weighted by Gasteiger charge is 2.23. The van der Waals surface area contributed by atoms with E-state index in [2.05, 4.69) is 20.1 Å². The summed E-state index contributed by atoms with van der Waals surface area (Å²) in [7, 11) is 0. The highest BCUT2D eigenvalue weighted by molar-refractivity contribution is 5.04. The zero-order chi connectivity index (χ0) is 10.8. The van der Waals surface area contributed by atoms with Gasteiger partial charge in [0.2, 0.25) is 0 Å². The van der Waals surface area contributed by atoms with Gasteiger partial charge in [0.05, 0.1) is 6.54 Å². The first-order chi connectivity index (χ1) is 7.95. The van der Waals surface area contributed by atoms with Crippen LogP contribution in [0.25, 0.3) is 0 Å². The lowest BCUT2D eigenvalue weighted by molar-refractivity contribution is 0.413. The van der Waals surface area contributed by atoms with Crippen LogP contribution in [0.3, 0.4) is 0 Å². The van der Waals surface area contributed by atoms with Gasteiger partial charge in [-0.2, -0.15) is 0 Å². The van der Waals surface area contributed by atoms with E-state index in [1.807, 2.05) is 0 Å². The summed E-state index contributed by atoms with van der Waals surface area (Å²) in [5.74, 6) is 3.07. The predicted octanol–water partition coefficient (Wildman–Crippen LogP) is 1.82. The number of nitrogens with one attached hydrogen (secondary N) is 1. The summed E-state index contributed by atoms with van der Waals surface area (Å²) >= 11 is 0. The van der Waals surface area contributed by atoms with Gasteiger partial charge in [0, 0.05) is 12.5 Å². The first-order valence-electron chi connectivity index (χ1n) is 6.58. The number of hydrogen-bond donors (Lipinski definition) is 1. The van der Waals surface area contributed by atoms with Crippen LogP contribution in [0.1, 0.15) is 56.1 Å². The maximum Gasteiger partial charge on any atom is 0.147 e. The molecule has 2 heterocycles. The minimum atomic E-state index is 0.674. The van der Waals surface area contributed by atoms with Crippen molar-refractivity contribution in [3.63, 3.8) is 0 Å². The van der Waals surface area contributed by atoms with Crippen molar-refractivity contribution in [3.05, 3.63) is 11.6 Å². The molecule has 0 unspecified atom stereocenters. The van der Waals surface area contributed by atoms with Crippen LogP contribution in [0.15, 0.2) is 0 Å². The smallest absolute Gasteiger partial charge is 0.147 e. The predicted molar refractivity (Wildman–Crippen MR) is 62.2 cm³/mol. The van der Waals surface area contributed by atoms with E-state index in [9.17, 15) is 0 Å². The summed E-state index contributed by atoms with van der Waals surface area (Å²) in [6.45, 7) is 3.09. The average Bonchev–Trinajstić information content (AvgIpc) is 2.60. The fourth-order valence-electron chi connectivity index (χ4n) is 2.95. The molecule has 1 saturated carbocycles. The van der Waals surface area contributed by atoms with Crippen molar-refractivity contribution in [1.29, 1.82) is 0 Å². The molecule has 1 aliphatic carbocycles. The molecule has 0 atom stereocenters. The molecule has 16 heavy (non-hydrogen) atoms. The third-order valence-electron chi connectivity index (χ3n) is 3.84. The minimum absolute atomic E-state index is 0.674. The summed E-state index contributed by atoms with van der Waals surface area (Å²) in [5, 5.41) is 12.2. The van der Waals surface area contributed by atoms with Crippen LogP contribution in [0.5, 0.6) is 0 Å². The molecule has 3 rings (SSSR count). The van der Waals surface area contributed by atoms with Crippen molar-refractivity contribution >= 4 is 0 Å². The van der Waals surface area contributed by atoms with Crippen LogP contribution < -0.4 is 5.32 Å². The molecule has 1 aromatic rings. The van der Waals surface area contributed by atoms with Crippen molar-refractivity contribution in [3.8, 4) is 0 Å². The first-order valence-corrected chi connectivity index (χ1v) is 6.58. The molecule has 2 aliphatic rings. The average molecular weight is 220 g/mol. The van der Waals surface area contributed by atoms with Crippen molar-refractivity contribution in [1.82, 2.24) is 20.1 Å². The van der Waals surface area contributed by atoms with Crippen LogP contribution >= 0.6 is 0 Å². The maximum atomic E-state index is 4.44. The molecular formula is C12H20N4. The standard InChI is InChI=1S/C12H20N4/c1-2-5-10(6-3-1)12-15-14-11-9-13-7-4-8-16(11)12/h10,13H,1-9H2. The number of aromatic nitrogens is 3. The molecule has 1 aliphatic heterocycles.